The fourth-order valence-electron chi connectivity index (χ4n) is 1.99. The first-order chi connectivity index (χ1) is 9.99. The second-order valence-electron chi connectivity index (χ2n) is 4.92. The Bertz CT molecular complexity index is 637. The van der Waals surface area contributed by atoms with Crippen LogP contribution in [0.1, 0.15) is 16.9 Å². The van der Waals surface area contributed by atoms with Crippen molar-refractivity contribution in [1.82, 2.24) is 10.1 Å². The first-order valence-corrected chi connectivity index (χ1v) is 6.58. The number of methoxy groups -OCH3 is 1. The third-order valence-corrected chi connectivity index (χ3v) is 3.05. The number of rotatable bonds is 4. The zero-order valence-electron chi connectivity index (χ0n) is 12.6. The summed E-state index contributed by atoms with van der Waals surface area (Å²) in [5.74, 6) is 1.81. The Labute approximate surface area is 123 Å². The van der Waals surface area contributed by atoms with Gasteiger partial charge >= 0.3 is 6.03 Å². The van der Waals surface area contributed by atoms with Crippen LogP contribution in [0.15, 0.2) is 28.8 Å². The second-order valence-corrected chi connectivity index (χ2v) is 4.92. The molecular weight excluding hydrogens is 270 g/mol. The van der Waals surface area contributed by atoms with Crippen molar-refractivity contribution in [3.8, 4) is 5.75 Å². The third kappa shape index (κ3) is 3.75. The van der Waals surface area contributed by atoms with E-state index in [-0.39, 0.29) is 6.03 Å². The number of aryl methyl sites for hydroxylation is 2. The monoisotopic (exact) mass is 289 g/mol. The van der Waals surface area contributed by atoms with Crippen molar-refractivity contribution in [2.75, 3.05) is 19.5 Å². The molecule has 1 heterocycles. The van der Waals surface area contributed by atoms with Crippen LogP contribution in [0.2, 0.25) is 0 Å². The Morgan fingerprint density at radius 1 is 1.38 bits per heavy atom. The molecule has 0 fully saturated rings. The van der Waals surface area contributed by atoms with Crippen LogP contribution in [0.25, 0.3) is 0 Å². The van der Waals surface area contributed by atoms with Gasteiger partial charge in [-0.1, -0.05) is 22.9 Å². The SMILES string of the molecule is COc1ccc(C)cc1CN(C)C(=O)Nc1cc(C)on1. The predicted molar refractivity (Wildman–Crippen MR) is 79.5 cm³/mol. The number of nitrogens with one attached hydrogen (secondary N) is 1. The fourth-order valence-corrected chi connectivity index (χ4v) is 1.99. The lowest BCUT2D eigenvalue weighted by Crippen LogP contribution is -2.31. The first-order valence-electron chi connectivity index (χ1n) is 6.58. The number of carbonyl (C=O) groups excluding carboxylic acids is 1. The van der Waals surface area contributed by atoms with Gasteiger partial charge in [0.15, 0.2) is 5.82 Å². The van der Waals surface area contributed by atoms with Crippen molar-refractivity contribution in [2.24, 2.45) is 0 Å². The number of hydrogen-bond donors (Lipinski definition) is 1. The zero-order chi connectivity index (χ0) is 15.4. The van der Waals surface area contributed by atoms with Crippen molar-refractivity contribution in [1.29, 1.82) is 0 Å². The van der Waals surface area contributed by atoms with Crippen LogP contribution in [-0.2, 0) is 6.54 Å². The fraction of sp³-hybridized carbons (Fsp3) is 0.333. The second kappa shape index (κ2) is 6.30. The number of aromatic nitrogens is 1. The molecule has 6 nitrogen and oxygen atoms in total. The minimum absolute atomic E-state index is 0.258. The van der Waals surface area contributed by atoms with Crippen LogP contribution >= 0.6 is 0 Å². The number of anilines is 1. The highest BCUT2D eigenvalue weighted by Crippen LogP contribution is 2.21. The highest BCUT2D eigenvalue weighted by atomic mass is 16.5. The molecule has 0 bridgehead atoms. The quantitative estimate of drug-likeness (QED) is 0.939. The molecular formula is C15H19N3O3. The van der Waals surface area contributed by atoms with Gasteiger partial charge in [-0.3, -0.25) is 5.32 Å². The molecule has 0 saturated heterocycles. The first kappa shape index (κ1) is 14.9. The van der Waals surface area contributed by atoms with Gasteiger partial charge in [0, 0.05) is 18.7 Å². The Morgan fingerprint density at radius 3 is 2.76 bits per heavy atom. The molecule has 0 atom stereocenters. The molecule has 2 amide bonds. The summed E-state index contributed by atoms with van der Waals surface area (Å²) in [6, 6.07) is 7.28. The molecule has 0 aliphatic rings. The zero-order valence-corrected chi connectivity index (χ0v) is 12.6. The third-order valence-electron chi connectivity index (χ3n) is 3.05. The number of nitrogens with zero attached hydrogens (tertiary/aromatic N) is 2. The maximum absolute atomic E-state index is 12.1. The van der Waals surface area contributed by atoms with E-state index < -0.39 is 0 Å². The highest BCUT2D eigenvalue weighted by Gasteiger charge is 2.14. The molecule has 0 aliphatic carbocycles. The number of hydrogen-bond acceptors (Lipinski definition) is 4. The Kier molecular flexibility index (Phi) is 4.47. The molecule has 6 heteroatoms. The van der Waals surface area contributed by atoms with Crippen molar-refractivity contribution in [3.05, 3.63) is 41.2 Å². The average molecular weight is 289 g/mol. The summed E-state index contributed by atoms with van der Waals surface area (Å²) in [6.07, 6.45) is 0. The summed E-state index contributed by atoms with van der Waals surface area (Å²) in [5, 5.41) is 6.41. The van der Waals surface area contributed by atoms with E-state index in [9.17, 15) is 4.79 Å². The topological polar surface area (TPSA) is 67.6 Å². The molecule has 2 rings (SSSR count). The number of carbonyl (C=O) groups is 1. The lowest BCUT2D eigenvalue weighted by molar-refractivity contribution is 0.220. The molecule has 0 unspecified atom stereocenters. The van der Waals surface area contributed by atoms with Crippen LogP contribution in [0.3, 0.4) is 0 Å². The summed E-state index contributed by atoms with van der Waals surface area (Å²) in [4.78, 5) is 13.7. The van der Waals surface area contributed by atoms with Gasteiger partial charge in [0.1, 0.15) is 11.5 Å². The number of urea groups is 1. The van der Waals surface area contributed by atoms with Crippen LogP contribution in [-0.4, -0.2) is 30.2 Å². The van der Waals surface area contributed by atoms with E-state index in [0.717, 1.165) is 16.9 Å². The summed E-state index contributed by atoms with van der Waals surface area (Å²) in [5.41, 5.74) is 2.07. The Balaban J connectivity index is 2.05. The molecule has 1 aromatic heterocycles. The van der Waals surface area contributed by atoms with Crippen LogP contribution in [0, 0.1) is 13.8 Å². The smallest absolute Gasteiger partial charge is 0.323 e. The molecule has 0 radical (unpaired) electrons. The lowest BCUT2D eigenvalue weighted by atomic mass is 10.1. The lowest BCUT2D eigenvalue weighted by Gasteiger charge is -2.19. The van der Waals surface area contributed by atoms with Gasteiger partial charge < -0.3 is 14.2 Å². The Morgan fingerprint density at radius 2 is 2.14 bits per heavy atom. The summed E-state index contributed by atoms with van der Waals surface area (Å²) < 4.78 is 10.2. The molecule has 2 aromatic rings. The average Bonchev–Trinajstić information content (AvgIpc) is 2.84. The minimum Gasteiger partial charge on any atom is -0.496 e. The van der Waals surface area contributed by atoms with E-state index in [1.165, 1.54) is 0 Å². The van der Waals surface area contributed by atoms with Crippen LogP contribution in [0.5, 0.6) is 5.75 Å². The molecule has 0 saturated carbocycles. The Hall–Kier alpha value is -2.50. The maximum Gasteiger partial charge on any atom is 0.323 e. The van der Waals surface area contributed by atoms with Crippen molar-refractivity contribution in [2.45, 2.75) is 20.4 Å². The number of amides is 2. The van der Waals surface area contributed by atoms with Gasteiger partial charge in [-0.05, 0) is 19.9 Å². The van der Waals surface area contributed by atoms with Crippen molar-refractivity contribution >= 4 is 11.8 Å². The standard InChI is InChI=1S/C15H19N3O3/c1-10-5-6-13(20-4)12(7-10)9-18(3)15(19)16-14-8-11(2)21-17-14/h5-8H,9H2,1-4H3,(H,16,17,19). The van der Waals surface area contributed by atoms with Gasteiger partial charge in [-0.2, -0.15) is 0 Å². The van der Waals surface area contributed by atoms with Crippen molar-refractivity contribution < 1.29 is 14.1 Å². The minimum atomic E-state index is -0.258. The van der Waals surface area contributed by atoms with Crippen LogP contribution in [0.4, 0.5) is 10.6 Å². The molecule has 0 spiro atoms. The number of benzene rings is 1. The van der Waals surface area contributed by atoms with Gasteiger partial charge in [0.2, 0.25) is 0 Å². The van der Waals surface area contributed by atoms with E-state index in [2.05, 4.69) is 10.5 Å². The summed E-state index contributed by atoms with van der Waals surface area (Å²) in [7, 11) is 3.33. The molecule has 1 aromatic carbocycles. The van der Waals surface area contributed by atoms with Crippen molar-refractivity contribution in [3.63, 3.8) is 0 Å². The van der Waals surface area contributed by atoms with E-state index >= 15 is 0 Å². The van der Waals surface area contributed by atoms with E-state index in [1.807, 2.05) is 25.1 Å². The van der Waals surface area contributed by atoms with Gasteiger partial charge in [-0.15, -0.1) is 0 Å². The number of ether oxygens (including phenoxy) is 1. The van der Waals surface area contributed by atoms with Crippen LogP contribution < -0.4 is 10.1 Å². The van der Waals surface area contributed by atoms with E-state index in [4.69, 9.17) is 9.26 Å². The van der Waals surface area contributed by atoms with E-state index in [0.29, 0.717) is 18.1 Å². The molecule has 112 valence electrons. The molecule has 1 N–H and O–H groups in total. The summed E-state index contributed by atoms with van der Waals surface area (Å²) >= 11 is 0. The van der Waals surface area contributed by atoms with E-state index in [1.54, 1.807) is 32.0 Å². The summed E-state index contributed by atoms with van der Waals surface area (Å²) in [6.45, 7) is 4.21. The predicted octanol–water partition coefficient (Wildman–Crippen LogP) is 2.96. The van der Waals surface area contributed by atoms with Gasteiger partial charge in [0.05, 0.1) is 13.7 Å². The maximum atomic E-state index is 12.1. The largest absolute Gasteiger partial charge is 0.496 e. The molecule has 21 heavy (non-hydrogen) atoms. The van der Waals surface area contributed by atoms with Gasteiger partial charge in [-0.25, -0.2) is 4.79 Å². The highest BCUT2D eigenvalue weighted by molar-refractivity contribution is 5.88. The van der Waals surface area contributed by atoms with Gasteiger partial charge in [0.25, 0.3) is 0 Å². The molecule has 0 aliphatic heterocycles. The normalized spacial score (nSPS) is 10.3.